The molecule has 110 valence electrons. The predicted molar refractivity (Wildman–Crippen MR) is 76.8 cm³/mol. The number of sulfonamides is 1. The Kier molecular flexibility index (Phi) is 3.51. The molecule has 7 heteroatoms. The minimum Gasteiger partial charge on any atom is -0.373 e. The Morgan fingerprint density at radius 1 is 0.905 bits per heavy atom. The summed E-state index contributed by atoms with van der Waals surface area (Å²) in [6.07, 6.45) is -2.84. The number of hydrogen-bond acceptors (Lipinski definition) is 4. The molecule has 2 N–H and O–H groups in total. The van der Waals surface area contributed by atoms with Crippen molar-refractivity contribution >= 4 is 21.6 Å². The van der Waals surface area contributed by atoms with E-state index in [-0.39, 0.29) is 4.90 Å². The van der Waals surface area contributed by atoms with Crippen LogP contribution in [0.15, 0.2) is 53.4 Å². The number of aliphatic hydroxyl groups excluding tert-OH is 2. The second-order valence-corrected chi connectivity index (χ2v) is 6.94. The predicted octanol–water partition coefficient (Wildman–Crippen LogP) is 2.03. The highest BCUT2D eigenvalue weighted by molar-refractivity contribution is 7.89. The summed E-state index contributed by atoms with van der Waals surface area (Å²) in [6.45, 7) is 0. The van der Waals surface area contributed by atoms with E-state index in [0.29, 0.717) is 20.5 Å². The van der Waals surface area contributed by atoms with E-state index < -0.39 is 22.5 Å². The van der Waals surface area contributed by atoms with Gasteiger partial charge in [-0.05, 0) is 24.3 Å². The second kappa shape index (κ2) is 5.08. The third-order valence-electron chi connectivity index (χ3n) is 3.42. The zero-order valence-corrected chi connectivity index (χ0v) is 12.3. The van der Waals surface area contributed by atoms with Crippen molar-refractivity contribution in [2.24, 2.45) is 0 Å². The molecular weight excluding hydrogens is 314 g/mol. The lowest BCUT2D eigenvalue weighted by Gasteiger charge is -2.23. The van der Waals surface area contributed by atoms with Crippen molar-refractivity contribution in [3.8, 4) is 0 Å². The lowest BCUT2D eigenvalue weighted by atomic mass is 10.1. The van der Waals surface area contributed by atoms with Crippen LogP contribution in [0, 0.1) is 0 Å². The van der Waals surface area contributed by atoms with E-state index >= 15 is 0 Å². The van der Waals surface area contributed by atoms with Gasteiger partial charge in [0.15, 0.2) is 0 Å². The molecule has 1 aliphatic rings. The number of fused-ring (bicyclic) bond motifs is 1. The third-order valence-corrected chi connectivity index (χ3v) is 5.50. The minimum atomic E-state index is -4.05. The molecule has 2 aromatic carbocycles. The molecule has 1 heterocycles. The van der Waals surface area contributed by atoms with Crippen LogP contribution in [0.1, 0.15) is 23.6 Å². The zero-order chi connectivity index (χ0) is 15.2. The molecule has 3 rings (SSSR count). The van der Waals surface area contributed by atoms with E-state index in [2.05, 4.69) is 0 Å². The molecule has 0 spiro atoms. The lowest BCUT2D eigenvalue weighted by molar-refractivity contribution is -0.0226. The van der Waals surface area contributed by atoms with Crippen molar-refractivity contribution < 1.29 is 18.6 Å². The molecular formula is C14H12ClNO4S. The monoisotopic (exact) mass is 325 g/mol. The first kappa shape index (κ1) is 14.5. The van der Waals surface area contributed by atoms with E-state index in [1.54, 1.807) is 24.3 Å². The van der Waals surface area contributed by atoms with Crippen molar-refractivity contribution in [3.05, 3.63) is 64.7 Å². The molecule has 2 aromatic rings. The molecule has 0 bridgehead atoms. The van der Waals surface area contributed by atoms with Crippen molar-refractivity contribution in [2.75, 3.05) is 0 Å². The molecule has 0 aliphatic carbocycles. The Morgan fingerprint density at radius 3 is 1.86 bits per heavy atom. The highest BCUT2D eigenvalue weighted by Crippen LogP contribution is 2.42. The van der Waals surface area contributed by atoms with Gasteiger partial charge in [-0.1, -0.05) is 35.9 Å². The fourth-order valence-electron chi connectivity index (χ4n) is 2.38. The van der Waals surface area contributed by atoms with Crippen LogP contribution >= 0.6 is 11.6 Å². The molecule has 0 fully saturated rings. The third kappa shape index (κ3) is 2.25. The highest BCUT2D eigenvalue weighted by Gasteiger charge is 2.44. The van der Waals surface area contributed by atoms with E-state index in [1.165, 1.54) is 24.3 Å². The van der Waals surface area contributed by atoms with Crippen LogP contribution in [0.5, 0.6) is 0 Å². The fraction of sp³-hybridized carbons (Fsp3) is 0.143. The maximum absolute atomic E-state index is 12.6. The van der Waals surface area contributed by atoms with Crippen molar-refractivity contribution in [3.63, 3.8) is 0 Å². The normalized spacial score (nSPS) is 22.2. The van der Waals surface area contributed by atoms with Gasteiger partial charge >= 0.3 is 0 Å². The van der Waals surface area contributed by atoms with Crippen molar-refractivity contribution in [1.82, 2.24) is 4.31 Å². The second-order valence-electron chi connectivity index (χ2n) is 4.67. The van der Waals surface area contributed by atoms with Crippen LogP contribution in [0.25, 0.3) is 0 Å². The fourth-order valence-corrected chi connectivity index (χ4v) is 3.98. The quantitative estimate of drug-likeness (QED) is 0.885. The SMILES string of the molecule is O=S(=O)(c1ccc(Cl)cc1)N1C(O)c2ccccc2C1O. The zero-order valence-electron chi connectivity index (χ0n) is 10.7. The largest absolute Gasteiger partial charge is 0.373 e. The molecule has 0 saturated heterocycles. The number of benzene rings is 2. The van der Waals surface area contributed by atoms with Gasteiger partial charge in [0.25, 0.3) is 0 Å². The molecule has 0 radical (unpaired) electrons. The average molecular weight is 326 g/mol. The van der Waals surface area contributed by atoms with E-state index in [0.717, 1.165) is 0 Å². The number of halogens is 1. The number of aliphatic hydroxyl groups is 2. The highest BCUT2D eigenvalue weighted by atomic mass is 35.5. The molecule has 0 aromatic heterocycles. The van der Waals surface area contributed by atoms with Gasteiger partial charge in [-0.25, -0.2) is 8.42 Å². The molecule has 5 nitrogen and oxygen atoms in total. The summed E-state index contributed by atoms with van der Waals surface area (Å²) >= 11 is 5.74. The Hall–Kier alpha value is -1.44. The summed E-state index contributed by atoms with van der Waals surface area (Å²) in [5.74, 6) is 0. The molecule has 1 aliphatic heterocycles. The Morgan fingerprint density at radius 2 is 1.38 bits per heavy atom. The van der Waals surface area contributed by atoms with Gasteiger partial charge in [-0.3, -0.25) is 0 Å². The van der Waals surface area contributed by atoms with Gasteiger partial charge in [-0.15, -0.1) is 4.31 Å². The Labute approximate surface area is 127 Å². The Balaban J connectivity index is 2.07. The summed E-state index contributed by atoms with van der Waals surface area (Å²) in [7, 11) is -4.05. The summed E-state index contributed by atoms with van der Waals surface area (Å²) in [6, 6.07) is 12.1. The van der Waals surface area contributed by atoms with Crippen LogP contribution in [-0.2, 0) is 10.0 Å². The minimum absolute atomic E-state index is 0.0437. The van der Waals surface area contributed by atoms with Crippen LogP contribution in [0.3, 0.4) is 0 Å². The van der Waals surface area contributed by atoms with Crippen molar-refractivity contribution in [2.45, 2.75) is 17.4 Å². The van der Waals surface area contributed by atoms with Crippen molar-refractivity contribution in [1.29, 1.82) is 0 Å². The molecule has 0 saturated carbocycles. The van der Waals surface area contributed by atoms with Gasteiger partial charge in [0, 0.05) is 16.1 Å². The summed E-state index contributed by atoms with van der Waals surface area (Å²) < 4.78 is 25.9. The first-order valence-corrected chi connectivity index (χ1v) is 7.99. The van der Waals surface area contributed by atoms with Gasteiger partial charge in [0.2, 0.25) is 10.0 Å². The van der Waals surface area contributed by atoms with Gasteiger partial charge in [0.05, 0.1) is 4.90 Å². The van der Waals surface area contributed by atoms with Crippen LogP contribution < -0.4 is 0 Å². The van der Waals surface area contributed by atoms with Gasteiger partial charge in [0.1, 0.15) is 12.5 Å². The van der Waals surface area contributed by atoms with Crippen LogP contribution in [0.4, 0.5) is 0 Å². The standard InChI is InChI=1S/C14H12ClNO4S/c15-9-5-7-10(8-6-9)21(19,20)16-13(17)11-3-1-2-4-12(11)14(16)18/h1-8,13-14,17-18H. The van der Waals surface area contributed by atoms with Gasteiger partial charge in [-0.2, -0.15) is 0 Å². The van der Waals surface area contributed by atoms with Crippen LogP contribution in [-0.4, -0.2) is 22.9 Å². The topological polar surface area (TPSA) is 77.8 Å². The number of nitrogens with zero attached hydrogens (tertiary/aromatic N) is 1. The molecule has 0 amide bonds. The maximum Gasteiger partial charge on any atom is 0.248 e. The average Bonchev–Trinajstić information content (AvgIpc) is 2.72. The first-order chi connectivity index (χ1) is 9.93. The number of hydrogen-bond donors (Lipinski definition) is 2. The lowest BCUT2D eigenvalue weighted by Crippen LogP contribution is -2.32. The van der Waals surface area contributed by atoms with E-state index in [9.17, 15) is 18.6 Å². The Bertz CT molecular complexity index is 747. The molecule has 21 heavy (non-hydrogen) atoms. The maximum atomic E-state index is 12.6. The first-order valence-electron chi connectivity index (χ1n) is 6.17. The van der Waals surface area contributed by atoms with E-state index in [1.807, 2.05) is 0 Å². The molecule has 2 atom stereocenters. The summed E-state index contributed by atoms with van der Waals surface area (Å²) in [4.78, 5) is -0.0437. The molecule has 2 unspecified atom stereocenters. The van der Waals surface area contributed by atoms with Gasteiger partial charge < -0.3 is 10.2 Å². The summed E-state index contributed by atoms with van der Waals surface area (Å²) in [5.41, 5.74) is 0.755. The summed E-state index contributed by atoms with van der Waals surface area (Å²) in [5, 5.41) is 20.9. The van der Waals surface area contributed by atoms with Crippen LogP contribution in [0.2, 0.25) is 5.02 Å². The van der Waals surface area contributed by atoms with E-state index in [4.69, 9.17) is 11.6 Å². The smallest absolute Gasteiger partial charge is 0.248 e. The number of rotatable bonds is 2.